The van der Waals surface area contributed by atoms with Crippen molar-refractivity contribution in [2.45, 2.75) is 26.2 Å². The monoisotopic (exact) mass is 303 g/mol. The number of rotatable bonds is 7. The topological polar surface area (TPSA) is 48.4 Å². The molecule has 0 fully saturated rings. The van der Waals surface area contributed by atoms with Gasteiger partial charge in [0.1, 0.15) is 11.5 Å². The number of benzene rings is 1. The summed E-state index contributed by atoms with van der Waals surface area (Å²) in [4.78, 5) is 15.3. The summed E-state index contributed by atoms with van der Waals surface area (Å²) in [6.07, 6.45) is 4.46. The van der Waals surface area contributed by atoms with Crippen LogP contribution in [-0.2, 0) is 0 Å². The van der Waals surface area contributed by atoms with Gasteiger partial charge in [0, 0.05) is 0 Å². The van der Waals surface area contributed by atoms with Crippen molar-refractivity contribution in [3.63, 3.8) is 0 Å². The van der Waals surface area contributed by atoms with Crippen LogP contribution in [0.4, 0.5) is 4.39 Å². The minimum Gasteiger partial charge on any atom is -0.494 e. The van der Waals surface area contributed by atoms with E-state index in [2.05, 4.69) is 11.9 Å². The molecule has 0 aliphatic rings. The van der Waals surface area contributed by atoms with Crippen molar-refractivity contribution in [1.82, 2.24) is 4.98 Å². The lowest BCUT2D eigenvalue weighted by Crippen LogP contribution is -2.08. The number of halogens is 1. The van der Waals surface area contributed by atoms with Gasteiger partial charge >= 0.3 is 5.97 Å². The Labute approximate surface area is 128 Å². The van der Waals surface area contributed by atoms with Gasteiger partial charge in [-0.2, -0.15) is 4.39 Å². The van der Waals surface area contributed by atoms with Crippen molar-refractivity contribution < 1.29 is 18.7 Å². The Balaban J connectivity index is 1.89. The first kappa shape index (κ1) is 15.9. The number of hydrogen-bond acceptors (Lipinski definition) is 4. The third-order valence-electron chi connectivity index (χ3n) is 3.02. The zero-order valence-electron chi connectivity index (χ0n) is 12.4. The number of nitrogens with zero attached hydrogens (tertiary/aromatic N) is 1. The Morgan fingerprint density at radius 2 is 1.82 bits per heavy atom. The van der Waals surface area contributed by atoms with Gasteiger partial charge in [0.15, 0.2) is 0 Å². The first-order valence-corrected chi connectivity index (χ1v) is 7.25. The molecule has 1 aromatic heterocycles. The zero-order valence-corrected chi connectivity index (χ0v) is 12.4. The number of ether oxygens (including phenoxy) is 2. The summed E-state index contributed by atoms with van der Waals surface area (Å²) < 4.78 is 23.3. The number of aromatic nitrogens is 1. The van der Waals surface area contributed by atoms with Gasteiger partial charge in [-0.25, -0.2) is 9.78 Å². The third kappa shape index (κ3) is 4.84. The van der Waals surface area contributed by atoms with Gasteiger partial charge in [-0.1, -0.05) is 19.8 Å². The van der Waals surface area contributed by atoms with Crippen LogP contribution in [0, 0.1) is 5.95 Å². The second-order valence-corrected chi connectivity index (χ2v) is 4.79. The van der Waals surface area contributed by atoms with E-state index in [-0.39, 0.29) is 5.75 Å². The summed E-state index contributed by atoms with van der Waals surface area (Å²) in [5, 5.41) is 0. The number of hydrogen-bond donors (Lipinski definition) is 0. The van der Waals surface area contributed by atoms with E-state index in [4.69, 9.17) is 9.47 Å². The van der Waals surface area contributed by atoms with Crippen LogP contribution in [0.15, 0.2) is 42.6 Å². The van der Waals surface area contributed by atoms with Crippen LogP contribution in [0.3, 0.4) is 0 Å². The normalized spacial score (nSPS) is 10.3. The van der Waals surface area contributed by atoms with Crippen LogP contribution in [0.25, 0.3) is 0 Å². The summed E-state index contributed by atoms with van der Waals surface area (Å²) in [5.41, 5.74) is 0.394. The standard InChI is InChI=1S/C17H18FNO3/c1-2-3-4-11-21-14-7-5-13(6-8-14)17(20)22-15-9-10-16(18)19-12-15/h5-10,12H,2-4,11H2,1H3. The Morgan fingerprint density at radius 1 is 1.09 bits per heavy atom. The van der Waals surface area contributed by atoms with E-state index >= 15 is 0 Å². The molecule has 0 spiro atoms. The number of pyridine rings is 1. The van der Waals surface area contributed by atoms with E-state index in [1.165, 1.54) is 12.3 Å². The lowest BCUT2D eigenvalue weighted by atomic mass is 10.2. The SMILES string of the molecule is CCCCCOc1ccc(C(=O)Oc2ccc(F)nc2)cc1. The van der Waals surface area contributed by atoms with Gasteiger partial charge in [-0.3, -0.25) is 0 Å². The van der Waals surface area contributed by atoms with Gasteiger partial charge in [-0.05, 0) is 42.8 Å². The molecule has 5 heteroatoms. The van der Waals surface area contributed by atoms with E-state index in [0.29, 0.717) is 12.2 Å². The molecular weight excluding hydrogens is 285 g/mol. The van der Waals surface area contributed by atoms with Crippen molar-refractivity contribution in [2.24, 2.45) is 0 Å². The highest BCUT2D eigenvalue weighted by Crippen LogP contribution is 2.16. The molecule has 0 aliphatic carbocycles. The van der Waals surface area contributed by atoms with Gasteiger partial charge in [0.2, 0.25) is 5.95 Å². The Morgan fingerprint density at radius 3 is 2.45 bits per heavy atom. The molecule has 116 valence electrons. The number of carbonyl (C=O) groups is 1. The minimum absolute atomic E-state index is 0.200. The lowest BCUT2D eigenvalue weighted by Gasteiger charge is -2.07. The summed E-state index contributed by atoms with van der Waals surface area (Å²) in [5.74, 6) is -0.224. The van der Waals surface area contributed by atoms with E-state index in [1.807, 2.05) is 0 Å². The molecule has 0 bridgehead atoms. The molecule has 1 heterocycles. The van der Waals surface area contributed by atoms with Crippen LogP contribution in [0.5, 0.6) is 11.5 Å². The molecule has 0 radical (unpaired) electrons. The highest BCUT2D eigenvalue weighted by molar-refractivity contribution is 5.91. The van der Waals surface area contributed by atoms with Crippen molar-refractivity contribution >= 4 is 5.97 Å². The van der Waals surface area contributed by atoms with E-state index in [1.54, 1.807) is 24.3 Å². The molecule has 0 unspecified atom stereocenters. The van der Waals surface area contributed by atoms with E-state index < -0.39 is 11.9 Å². The predicted molar refractivity (Wildman–Crippen MR) is 80.6 cm³/mol. The van der Waals surface area contributed by atoms with Crippen molar-refractivity contribution in [3.05, 3.63) is 54.1 Å². The van der Waals surface area contributed by atoms with E-state index in [9.17, 15) is 9.18 Å². The maximum absolute atomic E-state index is 12.7. The fourth-order valence-corrected chi connectivity index (χ4v) is 1.82. The Kier molecular flexibility index (Phi) is 5.89. The van der Waals surface area contributed by atoms with Gasteiger partial charge < -0.3 is 9.47 Å². The largest absolute Gasteiger partial charge is 0.494 e. The lowest BCUT2D eigenvalue weighted by molar-refractivity contribution is 0.0734. The van der Waals surface area contributed by atoms with Crippen LogP contribution in [-0.4, -0.2) is 17.6 Å². The summed E-state index contributed by atoms with van der Waals surface area (Å²) in [6, 6.07) is 9.21. The van der Waals surface area contributed by atoms with Crippen LogP contribution in [0.2, 0.25) is 0 Å². The summed E-state index contributed by atoms with van der Waals surface area (Å²) in [7, 11) is 0. The molecule has 0 amide bonds. The Bertz CT molecular complexity index is 596. The maximum atomic E-state index is 12.7. The van der Waals surface area contributed by atoms with Gasteiger partial charge in [0.05, 0.1) is 18.4 Å². The van der Waals surface area contributed by atoms with Crippen LogP contribution in [0.1, 0.15) is 36.5 Å². The first-order chi connectivity index (χ1) is 10.7. The number of esters is 1. The maximum Gasteiger partial charge on any atom is 0.343 e. The second-order valence-electron chi connectivity index (χ2n) is 4.79. The highest BCUT2D eigenvalue weighted by Gasteiger charge is 2.09. The van der Waals surface area contributed by atoms with Gasteiger partial charge in [0.25, 0.3) is 0 Å². The Hall–Kier alpha value is -2.43. The van der Waals surface area contributed by atoms with Crippen molar-refractivity contribution in [1.29, 1.82) is 0 Å². The highest BCUT2D eigenvalue weighted by atomic mass is 19.1. The molecule has 0 saturated heterocycles. The smallest absolute Gasteiger partial charge is 0.343 e. The average molecular weight is 303 g/mol. The van der Waals surface area contributed by atoms with Crippen LogP contribution >= 0.6 is 0 Å². The van der Waals surface area contributed by atoms with Crippen molar-refractivity contribution in [2.75, 3.05) is 6.61 Å². The van der Waals surface area contributed by atoms with Gasteiger partial charge in [-0.15, -0.1) is 0 Å². The number of unbranched alkanes of at least 4 members (excludes halogenated alkanes) is 2. The molecule has 0 saturated carbocycles. The second kappa shape index (κ2) is 8.12. The molecule has 1 aromatic carbocycles. The molecule has 2 rings (SSSR count). The molecule has 2 aromatic rings. The molecule has 0 N–H and O–H groups in total. The molecule has 4 nitrogen and oxygen atoms in total. The fourth-order valence-electron chi connectivity index (χ4n) is 1.82. The predicted octanol–water partition coefficient (Wildman–Crippen LogP) is 4.01. The summed E-state index contributed by atoms with van der Waals surface area (Å²) >= 11 is 0. The first-order valence-electron chi connectivity index (χ1n) is 7.25. The minimum atomic E-state index is -0.621. The van der Waals surface area contributed by atoms with Crippen LogP contribution < -0.4 is 9.47 Å². The average Bonchev–Trinajstić information content (AvgIpc) is 2.54. The third-order valence-corrected chi connectivity index (χ3v) is 3.02. The quantitative estimate of drug-likeness (QED) is 0.440. The molecule has 0 atom stereocenters. The molecular formula is C17H18FNO3. The molecule has 22 heavy (non-hydrogen) atoms. The zero-order chi connectivity index (χ0) is 15.8. The fraction of sp³-hybridized carbons (Fsp3) is 0.294. The molecule has 0 aliphatic heterocycles. The summed E-state index contributed by atoms with van der Waals surface area (Å²) in [6.45, 7) is 2.80. The van der Waals surface area contributed by atoms with Crippen molar-refractivity contribution in [3.8, 4) is 11.5 Å². The number of carbonyl (C=O) groups excluding carboxylic acids is 1. The van der Waals surface area contributed by atoms with E-state index in [0.717, 1.165) is 31.1 Å².